The lowest BCUT2D eigenvalue weighted by atomic mass is 9.73. The van der Waals surface area contributed by atoms with Gasteiger partial charge in [0.25, 0.3) is 0 Å². The maximum Gasteiger partial charge on any atom is 0.227 e. The highest BCUT2D eigenvalue weighted by molar-refractivity contribution is 5.95. The van der Waals surface area contributed by atoms with E-state index in [1.165, 1.54) is 12.8 Å². The standard InChI is InChI=1S/C17H24N2O/c1-12(2)13-9-15(10-13)18-14-5-3-6-16(11-14)19-8-4-7-17(19)20/h3,5-6,11-13,15,18H,4,7-10H2,1-2H3. The van der Waals surface area contributed by atoms with Crippen molar-refractivity contribution in [3.05, 3.63) is 24.3 Å². The number of carbonyl (C=O) groups is 1. The molecule has 1 aliphatic heterocycles. The van der Waals surface area contributed by atoms with Crippen LogP contribution in [-0.4, -0.2) is 18.5 Å². The molecule has 1 aromatic carbocycles. The monoisotopic (exact) mass is 272 g/mol. The zero-order chi connectivity index (χ0) is 14.1. The van der Waals surface area contributed by atoms with E-state index in [2.05, 4.69) is 31.3 Å². The number of anilines is 2. The molecule has 1 heterocycles. The molecule has 3 heteroatoms. The first-order valence-electron chi connectivity index (χ1n) is 7.80. The first kappa shape index (κ1) is 13.5. The summed E-state index contributed by atoms with van der Waals surface area (Å²) in [5.74, 6) is 1.92. The quantitative estimate of drug-likeness (QED) is 0.907. The van der Waals surface area contributed by atoms with Crippen LogP contribution in [0, 0.1) is 11.8 Å². The van der Waals surface area contributed by atoms with Crippen LogP contribution in [0.5, 0.6) is 0 Å². The van der Waals surface area contributed by atoms with E-state index in [0.29, 0.717) is 12.5 Å². The summed E-state index contributed by atoms with van der Waals surface area (Å²) < 4.78 is 0. The molecule has 108 valence electrons. The highest BCUT2D eigenvalue weighted by atomic mass is 16.2. The summed E-state index contributed by atoms with van der Waals surface area (Å²) in [4.78, 5) is 13.7. The summed E-state index contributed by atoms with van der Waals surface area (Å²) in [7, 11) is 0. The van der Waals surface area contributed by atoms with Gasteiger partial charge in [0.1, 0.15) is 0 Å². The lowest BCUT2D eigenvalue weighted by molar-refractivity contribution is -0.117. The zero-order valence-electron chi connectivity index (χ0n) is 12.4. The van der Waals surface area contributed by atoms with Gasteiger partial charge in [0.2, 0.25) is 5.91 Å². The first-order valence-corrected chi connectivity index (χ1v) is 7.80. The molecular formula is C17H24N2O. The lowest BCUT2D eigenvalue weighted by Gasteiger charge is -2.39. The smallest absolute Gasteiger partial charge is 0.227 e. The van der Waals surface area contributed by atoms with Gasteiger partial charge in [-0.3, -0.25) is 4.79 Å². The van der Waals surface area contributed by atoms with Crippen molar-refractivity contribution in [3.63, 3.8) is 0 Å². The second-order valence-corrected chi connectivity index (χ2v) is 6.52. The summed E-state index contributed by atoms with van der Waals surface area (Å²) in [6.45, 7) is 5.47. The molecule has 1 aromatic rings. The van der Waals surface area contributed by atoms with Crippen molar-refractivity contribution in [3.8, 4) is 0 Å². The number of nitrogens with one attached hydrogen (secondary N) is 1. The van der Waals surface area contributed by atoms with Gasteiger partial charge in [0.05, 0.1) is 0 Å². The molecule has 20 heavy (non-hydrogen) atoms. The Morgan fingerprint density at radius 2 is 2.10 bits per heavy atom. The highest BCUT2D eigenvalue weighted by Crippen LogP contribution is 2.36. The molecule has 2 fully saturated rings. The maximum absolute atomic E-state index is 11.8. The minimum atomic E-state index is 0.255. The van der Waals surface area contributed by atoms with E-state index in [1.807, 2.05) is 17.0 Å². The van der Waals surface area contributed by atoms with Gasteiger partial charge >= 0.3 is 0 Å². The van der Waals surface area contributed by atoms with Crippen molar-refractivity contribution in [2.45, 2.75) is 45.6 Å². The molecule has 2 aliphatic rings. The van der Waals surface area contributed by atoms with E-state index >= 15 is 0 Å². The van der Waals surface area contributed by atoms with Crippen LogP contribution in [0.4, 0.5) is 11.4 Å². The van der Waals surface area contributed by atoms with Crippen molar-refractivity contribution >= 4 is 17.3 Å². The van der Waals surface area contributed by atoms with E-state index in [9.17, 15) is 4.79 Å². The Labute approximate surface area is 121 Å². The molecule has 1 saturated carbocycles. The Morgan fingerprint density at radius 3 is 2.75 bits per heavy atom. The molecule has 1 amide bonds. The van der Waals surface area contributed by atoms with Gasteiger partial charge in [0, 0.05) is 30.4 Å². The Bertz CT molecular complexity index is 492. The van der Waals surface area contributed by atoms with Crippen molar-refractivity contribution < 1.29 is 4.79 Å². The zero-order valence-corrected chi connectivity index (χ0v) is 12.4. The van der Waals surface area contributed by atoms with Crippen LogP contribution in [0.2, 0.25) is 0 Å². The van der Waals surface area contributed by atoms with Crippen molar-refractivity contribution in [2.75, 3.05) is 16.8 Å². The highest BCUT2D eigenvalue weighted by Gasteiger charge is 2.31. The van der Waals surface area contributed by atoms with Crippen LogP contribution in [0.1, 0.15) is 39.5 Å². The lowest BCUT2D eigenvalue weighted by Crippen LogP contribution is -2.37. The van der Waals surface area contributed by atoms with Crippen LogP contribution >= 0.6 is 0 Å². The Hall–Kier alpha value is -1.51. The molecule has 1 aliphatic carbocycles. The molecule has 1 saturated heterocycles. The maximum atomic E-state index is 11.8. The molecule has 0 radical (unpaired) electrons. The average Bonchev–Trinajstić information content (AvgIpc) is 2.79. The van der Waals surface area contributed by atoms with Crippen molar-refractivity contribution in [1.29, 1.82) is 0 Å². The first-order chi connectivity index (χ1) is 9.63. The summed E-state index contributed by atoms with van der Waals surface area (Å²) in [6.07, 6.45) is 4.21. The minimum absolute atomic E-state index is 0.255. The molecule has 1 N–H and O–H groups in total. The second kappa shape index (κ2) is 5.47. The van der Waals surface area contributed by atoms with Gasteiger partial charge in [-0.2, -0.15) is 0 Å². The third kappa shape index (κ3) is 2.67. The van der Waals surface area contributed by atoms with Gasteiger partial charge in [-0.15, -0.1) is 0 Å². The van der Waals surface area contributed by atoms with E-state index < -0.39 is 0 Å². The van der Waals surface area contributed by atoms with Crippen molar-refractivity contribution in [1.82, 2.24) is 0 Å². The summed E-state index contributed by atoms with van der Waals surface area (Å²) in [5.41, 5.74) is 2.19. The molecule has 0 aromatic heterocycles. The predicted molar refractivity (Wildman–Crippen MR) is 83.0 cm³/mol. The van der Waals surface area contributed by atoms with E-state index in [-0.39, 0.29) is 5.91 Å². The third-order valence-corrected chi connectivity index (χ3v) is 4.72. The van der Waals surface area contributed by atoms with Gasteiger partial charge in [-0.05, 0) is 49.3 Å². The number of carbonyl (C=O) groups excluding carboxylic acids is 1. The van der Waals surface area contributed by atoms with Gasteiger partial charge in [-0.1, -0.05) is 19.9 Å². The fourth-order valence-corrected chi connectivity index (χ4v) is 3.24. The molecule has 3 nitrogen and oxygen atoms in total. The molecule has 0 spiro atoms. The topological polar surface area (TPSA) is 32.3 Å². The number of benzene rings is 1. The average molecular weight is 272 g/mol. The number of hydrogen-bond acceptors (Lipinski definition) is 2. The second-order valence-electron chi connectivity index (χ2n) is 6.52. The van der Waals surface area contributed by atoms with Crippen LogP contribution in [-0.2, 0) is 4.79 Å². The van der Waals surface area contributed by atoms with E-state index in [0.717, 1.165) is 36.2 Å². The van der Waals surface area contributed by atoms with Crippen LogP contribution in [0.25, 0.3) is 0 Å². The Morgan fingerprint density at radius 1 is 1.30 bits per heavy atom. The molecule has 0 bridgehead atoms. The predicted octanol–water partition coefficient (Wildman–Crippen LogP) is 3.66. The largest absolute Gasteiger partial charge is 0.382 e. The fourth-order valence-electron chi connectivity index (χ4n) is 3.24. The van der Waals surface area contributed by atoms with Crippen LogP contribution < -0.4 is 10.2 Å². The number of rotatable bonds is 4. The molecular weight excluding hydrogens is 248 g/mol. The van der Waals surface area contributed by atoms with Gasteiger partial charge in [-0.25, -0.2) is 0 Å². The number of amides is 1. The van der Waals surface area contributed by atoms with E-state index in [4.69, 9.17) is 0 Å². The summed E-state index contributed by atoms with van der Waals surface area (Å²) in [6, 6.07) is 8.90. The minimum Gasteiger partial charge on any atom is -0.382 e. The third-order valence-electron chi connectivity index (χ3n) is 4.72. The van der Waals surface area contributed by atoms with Crippen LogP contribution in [0.15, 0.2) is 24.3 Å². The normalized spacial score (nSPS) is 25.9. The van der Waals surface area contributed by atoms with Gasteiger partial charge in [0.15, 0.2) is 0 Å². The fraction of sp³-hybridized carbons (Fsp3) is 0.588. The Kier molecular flexibility index (Phi) is 3.68. The number of hydrogen-bond donors (Lipinski definition) is 1. The summed E-state index contributed by atoms with van der Waals surface area (Å²) >= 11 is 0. The van der Waals surface area contributed by atoms with Crippen LogP contribution in [0.3, 0.4) is 0 Å². The molecule has 3 rings (SSSR count). The van der Waals surface area contributed by atoms with E-state index in [1.54, 1.807) is 0 Å². The SMILES string of the molecule is CC(C)C1CC(Nc2cccc(N3CCCC3=O)c2)C1. The van der Waals surface area contributed by atoms with Crippen molar-refractivity contribution in [2.24, 2.45) is 11.8 Å². The van der Waals surface area contributed by atoms with Gasteiger partial charge < -0.3 is 10.2 Å². The molecule has 0 unspecified atom stereocenters. The Balaban J connectivity index is 1.62. The molecule has 0 atom stereocenters. The summed E-state index contributed by atoms with van der Waals surface area (Å²) in [5, 5.41) is 3.60. The number of nitrogens with zero attached hydrogens (tertiary/aromatic N) is 1.